The summed E-state index contributed by atoms with van der Waals surface area (Å²) >= 11 is 0. The molecule has 12 heteroatoms. The normalized spacial score (nSPS) is 10.9. The number of carboxylic acids is 1. The molecule has 0 aromatic rings. The monoisotopic (exact) mass is 532 g/mol. The lowest BCUT2D eigenvalue weighted by Gasteiger charge is -2.33. The first kappa shape index (κ1) is 36.1. The Morgan fingerprint density at radius 3 is 1.14 bits per heavy atom. The molecule has 0 amide bonds. The van der Waals surface area contributed by atoms with E-state index in [2.05, 4.69) is 19.7 Å². The molecule has 0 saturated heterocycles. The first-order valence-corrected chi connectivity index (χ1v) is 11.2. The highest BCUT2D eigenvalue weighted by Gasteiger charge is 2.37. The lowest BCUT2D eigenvalue weighted by molar-refractivity contribution is -0.160. The van der Waals surface area contributed by atoms with E-state index in [0.717, 1.165) is 0 Å². The van der Waals surface area contributed by atoms with Crippen molar-refractivity contribution in [2.24, 2.45) is 10.8 Å². The van der Waals surface area contributed by atoms with E-state index in [1.165, 1.54) is 20.8 Å². The van der Waals surface area contributed by atoms with Crippen LogP contribution in [-0.2, 0) is 38.1 Å². The molecular formula is C25H40O12. The smallest absolute Gasteiger partial charge is 0.333 e. The molecule has 12 nitrogen and oxygen atoms in total. The van der Waals surface area contributed by atoms with Crippen LogP contribution < -0.4 is 0 Å². The first-order chi connectivity index (χ1) is 17.1. The van der Waals surface area contributed by atoms with Crippen LogP contribution in [0.5, 0.6) is 0 Å². The average Bonchev–Trinajstić information content (AvgIpc) is 2.86. The predicted molar refractivity (Wildman–Crippen MR) is 132 cm³/mol. The minimum atomic E-state index is -1.35. The summed E-state index contributed by atoms with van der Waals surface area (Å²) in [7, 11) is 0. The first-order valence-electron chi connectivity index (χ1n) is 11.2. The minimum absolute atomic E-state index is 0.135. The largest absolute Gasteiger partial charge is 0.481 e. The average molecular weight is 533 g/mol. The lowest BCUT2D eigenvalue weighted by Crippen LogP contribution is -2.45. The van der Waals surface area contributed by atoms with Gasteiger partial charge in [-0.1, -0.05) is 26.7 Å². The molecule has 0 radical (unpaired) electrons. The van der Waals surface area contributed by atoms with Crippen molar-refractivity contribution in [1.82, 2.24) is 0 Å². The van der Waals surface area contributed by atoms with Gasteiger partial charge < -0.3 is 39.4 Å². The number of rotatable bonds is 17. The molecule has 0 saturated carbocycles. The lowest BCUT2D eigenvalue weighted by atomic mass is 9.90. The summed E-state index contributed by atoms with van der Waals surface area (Å²) in [4.78, 5) is 44.6. The third-order valence-corrected chi connectivity index (χ3v) is 4.70. The summed E-state index contributed by atoms with van der Waals surface area (Å²) in [6.45, 7) is 13.0. The van der Waals surface area contributed by atoms with Crippen LogP contribution in [0.4, 0.5) is 0 Å². The molecule has 0 aromatic heterocycles. The van der Waals surface area contributed by atoms with Gasteiger partial charge in [0.25, 0.3) is 0 Å². The second kappa shape index (κ2) is 18.2. The Labute approximate surface area is 217 Å². The Bertz CT molecular complexity index is 780. The second-order valence-electron chi connectivity index (χ2n) is 8.78. The molecule has 0 unspecified atom stereocenters. The fourth-order valence-electron chi connectivity index (χ4n) is 2.05. The van der Waals surface area contributed by atoms with E-state index >= 15 is 0 Å². The molecule has 0 atom stereocenters. The van der Waals surface area contributed by atoms with Crippen molar-refractivity contribution >= 4 is 23.9 Å². The van der Waals surface area contributed by atoms with Gasteiger partial charge in [-0.2, -0.15) is 0 Å². The highest BCUT2D eigenvalue weighted by molar-refractivity contribution is 5.87. The predicted octanol–water partition coefficient (Wildman–Crippen LogP) is 0.792. The molecule has 0 aliphatic carbocycles. The molecule has 0 heterocycles. The van der Waals surface area contributed by atoms with Crippen LogP contribution in [0.1, 0.15) is 34.1 Å². The van der Waals surface area contributed by atoms with E-state index in [9.17, 15) is 34.5 Å². The maximum Gasteiger partial charge on any atom is 0.333 e. The topological polar surface area (TPSA) is 186 Å². The molecule has 0 bridgehead atoms. The maximum atomic E-state index is 11.8. The Kier molecular flexibility index (Phi) is 17.8. The number of aliphatic carboxylic acids is 1. The summed E-state index contributed by atoms with van der Waals surface area (Å²) in [5.74, 6) is -2.86. The molecule has 37 heavy (non-hydrogen) atoms. The van der Waals surface area contributed by atoms with Crippen molar-refractivity contribution in [3.63, 3.8) is 0 Å². The molecular weight excluding hydrogens is 492 g/mol. The van der Waals surface area contributed by atoms with Crippen LogP contribution in [0.2, 0.25) is 0 Å². The Morgan fingerprint density at radius 1 is 0.622 bits per heavy atom. The van der Waals surface area contributed by atoms with E-state index < -0.39 is 54.5 Å². The molecule has 4 N–H and O–H groups in total. The van der Waals surface area contributed by atoms with Gasteiger partial charge in [-0.05, 0) is 20.8 Å². The number of carbonyl (C=O) groups is 4. The minimum Gasteiger partial charge on any atom is -0.481 e. The van der Waals surface area contributed by atoms with Gasteiger partial charge in [0.2, 0.25) is 0 Å². The van der Waals surface area contributed by atoms with E-state index in [-0.39, 0.29) is 56.2 Å². The summed E-state index contributed by atoms with van der Waals surface area (Å²) < 4.78 is 20.9. The molecule has 0 spiro atoms. The molecule has 0 fully saturated rings. The highest BCUT2D eigenvalue weighted by atomic mass is 16.6. The van der Waals surface area contributed by atoms with Crippen molar-refractivity contribution in [1.29, 1.82) is 0 Å². The molecule has 0 aliphatic heterocycles. The van der Waals surface area contributed by atoms with Gasteiger partial charge in [0.05, 0.1) is 43.9 Å². The van der Waals surface area contributed by atoms with Crippen molar-refractivity contribution in [3.05, 3.63) is 36.5 Å². The summed E-state index contributed by atoms with van der Waals surface area (Å²) in [6, 6.07) is 0. The zero-order valence-corrected chi connectivity index (χ0v) is 22.0. The standard InChI is InChI=1S/C22H34O10.C3H6O2/c1-15(2)18(26)30-12-21(7-23,8-24)10-29-11-22(9-25,13-31-19(27)16(3)4)14-32-20(28)17(5)6;1-2-3(4)5/h23-25H,1,3,5,7-14H2,2,4,6H3;2H2,1H3,(H,4,5). The van der Waals surface area contributed by atoms with E-state index in [1.54, 1.807) is 6.92 Å². The Morgan fingerprint density at radius 2 is 0.892 bits per heavy atom. The van der Waals surface area contributed by atoms with Crippen LogP contribution in [0, 0.1) is 10.8 Å². The summed E-state index contributed by atoms with van der Waals surface area (Å²) in [5, 5.41) is 37.2. The number of aliphatic hydroxyl groups is 3. The second-order valence-corrected chi connectivity index (χ2v) is 8.78. The number of aliphatic hydroxyl groups excluding tert-OH is 3. The highest BCUT2D eigenvalue weighted by Crippen LogP contribution is 2.24. The third-order valence-electron chi connectivity index (χ3n) is 4.70. The number of hydrogen-bond acceptors (Lipinski definition) is 11. The molecule has 0 aliphatic rings. The van der Waals surface area contributed by atoms with Gasteiger partial charge in [-0.25, -0.2) is 14.4 Å². The van der Waals surface area contributed by atoms with Gasteiger partial charge in [0.15, 0.2) is 0 Å². The third kappa shape index (κ3) is 14.9. The van der Waals surface area contributed by atoms with E-state index in [1.807, 2.05) is 0 Å². The zero-order chi connectivity index (χ0) is 29.2. The van der Waals surface area contributed by atoms with Crippen LogP contribution in [0.25, 0.3) is 0 Å². The van der Waals surface area contributed by atoms with Gasteiger partial charge in [0.1, 0.15) is 19.8 Å². The fraction of sp³-hybridized carbons (Fsp3) is 0.600. The summed E-state index contributed by atoms with van der Waals surface area (Å²) in [5.41, 5.74) is -2.27. The number of esters is 3. The van der Waals surface area contributed by atoms with Crippen LogP contribution in [-0.4, -0.2) is 97.2 Å². The van der Waals surface area contributed by atoms with E-state index in [4.69, 9.17) is 24.1 Å². The van der Waals surface area contributed by atoms with Gasteiger partial charge in [-0.3, -0.25) is 4.79 Å². The number of carboxylic acid groups (broad SMARTS) is 1. The van der Waals surface area contributed by atoms with Gasteiger partial charge in [0, 0.05) is 23.1 Å². The van der Waals surface area contributed by atoms with Crippen molar-refractivity contribution in [2.75, 3.05) is 52.9 Å². The summed E-state index contributed by atoms with van der Waals surface area (Å²) in [6.07, 6.45) is 0.222. The Balaban J connectivity index is 0. The van der Waals surface area contributed by atoms with Crippen LogP contribution in [0.3, 0.4) is 0 Å². The van der Waals surface area contributed by atoms with Crippen molar-refractivity contribution < 1.29 is 58.6 Å². The van der Waals surface area contributed by atoms with Crippen LogP contribution >= 0.6 is 0 Å². The molecule has 212 valence electrons. The van der Waals surface area contributed by atoms with Crippen molar-refractivity contribution in [2.45, 2.75) is 34.1 Å². The van der Waals surface area contributed by atoms with Gasteiger partial charge >= 0.3 is 23.9 Å². The van der Waals surface area contributed by atoms with Crippen molar-refractivity contribution in [3.8, 4) is 0 Å². The molecule has 0 aromatic carbocycles. The SMILES string of the molecule is C=C(C)C(=O)OCC(CO)(CO)COCC(CO)(COC(=O)C(=C)C)COC(=O)C(=C)C.CCC(=O)O. The number of ether oxygens (including phenoxy) is 4. The molecule has 0 rings (SSSR count). The number of carbonyl (C=O) groups excluding carboxylic acids is 3. The Hall–Kier alpha value is -3.06. The zero-order valence-electron chi connectivity index (χ0n) is 22.0. The maximum absolute atomic E-state index is 11.8. The quantitative estimate of drug-likeness (QED) is 0.117. The van der Waals surface area contributed by atoms with Gasteiger partial charge in [-0.15, -0.1) is 0 Å². The van der Waals surface area contributed by atoms with E-state index in [0.29, 0.717) is 0 Å². The number of hydrogen-bond donors (Lipinski definition) is 4. The van der Waals surface area contributed by atoms with Crippen LogP contribution in [0.15, 0.2) is 36.5 Å². The fourth-order valence-corrected chi connectivity index (χ4v) is 2.05.